The third-order valence-corrected chi connectivity index (χ3v) is 7.80. The van der Waals surface area contributed by atoms with Gasteiger partial charge in [0, 0.05) is 22.6 Å². The van der Waals surface area contributed by atoms with Crippen molar-refractivity contribution in [2.24, 2.45) is 0 Å². The van der Waals surface area contributed by atoms with Crippen molar-refractivity contribution in [1.82, 2.24) is 10.2 Å². The van der Waals surface area contributed by atoms with E-state index >= 15 is 0 Å². The molecule has 9 nitrogen and oxygen atoms in total. The first-order chi connectivity index (χ1) is 14.3. The van der Waals surface area contributed by atoms with Gasteiger partial charge in [0.05, 0.1) is 19.5 Å². The molecule has 0 atom stereocenters. The number of benzene rings is 1. The predicted molar refractivity (Wildman–Crippen MR) is 115 cm³/mol. The van der Waals surface area contributed by atoms with Crippen LogP contribution in [-0.4, -0.2) is 56.8 Å². The molecule has 1 aliphatic rings. The Balaban J connectivity index is 2.00. The summed E-state index contributed by atoms with van der Waals surface area (Å²) in [6, 6.07) is 4.49. The van der Waals surface area contributed by atoms with Crippen LogP contribution in [0.2, 0.25) is 0 Å². The minimum Gasteiger partial charge on any atom is -0.504 e. The molecule has 1 aliphatic heterocycles. The van der Waals surface area contributed by atoms with Gasteiger partial charge >= 0.3 is 0 Å². The van der Waals surface area contributed by atoms with Crippen LogP contribution in [0.25, 0.3) is 6.08 Å². The van der Waals surface area contributed by atoms with E-state index in [0.717, 1.165) is 11.3 Å². The Morgan fingerprint density at radius 1 is 1.47 bits per heavy atom. The molecule has 2 aromatic rings. The number of ether oxygens (including phenoxy) is 1. The lowest BCUT2D eigenvalue weighted by atomic mass is 10.1. The molecular formula is C18H19N3O6S3. The summed E-state index contributed by atoms with van der Waals surface area (Å²) in [5.74, 6) is -0.873. The second-order valence-corrected chi connectivity index (χ2v) is 9.76. The summed E-state index contributed by atoms with van der Waals surface area (Å²) in [4.78, 5) is 25.3. The highest BCUT2D eigenvalue weighted by molar-refractivity contribution is 7.99. The first-order valence-electron chi connectivity index (χ1n) is 8.54. The lowest BCUT2D eigenvalue weighted by molar-refractivity contribution is -0.127. The predicted octanol–water partition coefficient (Wildman–Crippen LogP) is 1.91. The van der Waals surface area contributed by atoms with Crippen LogP contribution in [-0.2, 0) is 19.6 Å². The number of phenols is 1. The molecule has 160 valence electrons. The zero-order valence-corrected chi connectivity index (χ0v) is 18.5. The van der Waals surface area contributed by atoms with Crippen molar-refractivity contribution >= 4 is 56.7 Å². The van der Waals surface area contributed by atoms with Crippen LogP contribution in [0.4, 0.5) is 5.69 Å². The van der Waals surface area contributed by atoms with Crippen LogP contribution >= 0.6 is 23.1 Å². The summed E-state index contributed by atoms with van der Waals surface area (Å²) >= 11 is 2.27. The molecule has 1 aromatic heterocycles. The van der Waals surface area contributed by atoms with Crippen molar-refractivity contribution in [3.05, 3.63) is 35.2 Å². The molecule has 2 amide bonds. The standard InChI is InChI=1S/C18H19N3O6S3/c1-27-13-8-12(20-30(25,26)16-4-3-7-29-16)18(28-2)11(17(13)24)5-6-15(23)21-9-14(22)19-10-21/h3-8,20,24H,9-10H2,1-2H3,(H,19,22). The van der Waals surface area contributed by atoms with Gasteiger partial charge in [0.25, 0.3) is 10.0 Å². The number of carbonyl (C=O) groups is 2. The maximum atomic E-state index is 12.7. The molecule has 3 N–H and O–H groups in total. The summed E-state index contributed by atoms with van der Waals surface area (Å²) in [5.41, 5.74) is 0.424. The van der Waals surface area contributed by atoms with E-state index in [2.05, 4.69) is 10.0 Å². The molecule has 12 heteroatoms. The van der Waals surface area contributed by atoms with Crippen LogP contribution in [0.15, 0.2) is 38.8 Å². The monoisotopic (exact) mass is 469 g/mol. The van der Waals surface area contributed by atoms with Gasteiger partial charge in [-0.2, -0.15) is 0 Å². The molecular weight excluding hydrogens is 450 g/mol. The number of methoxy groups -OCH3 is 1. The fraction of sp³-hybridized carbons (Fsp3) is 0.222. The number of thioether (sulfide) groups is 1. The lowest BCUT2D eigenvalue weighted by Gasteiger charge is -2.17. The van der Waals surface area contributed by atoms with E-state index in [1.54, 1.807) is 17.7 Å². The van der Waals surface area contributed by atoms with E-state index in [0.29, 0.717) is 4.90 Å². The molecule has 30 heavy (non-hydrogen) atoms. The van der Waals surface area contributed by atoms with Gasteiger partial charge in [-0.1, -0.05) is 6.07 Å². The van der Waals surface area contributed by atoms with Crippen molar-refractivity contribution in [3.8, 4) is 11.5 Å². The number of nitrogens with zero attached hydrogens (tertiary/aromatic N) is 1. The molecule has 0 saturated carbocycles. The van der Waals surface area contributed by atoms with Crippen molar-refractivity contribution in [2.75, 3.05) is 31.3 Å². The van der Waals surface area contributed by atoms with E-state index < -0.39 is 15.9 Å². The minimum absolute atomic E-state index is 0.0433. The number of anilines is 1. The molecule has 0 spiro atoms. The molecule has 0 radical (unpaired) electrons. The van der Waals surface area contributed by atoms with Crippen molar-refractivity contribution in [1.29, 1.82) is 0 Å². The van der Waals surface area contributed by atoms with E-state index in [1.807, 2.05) is 0 Å². The maximum absolute atomic E-state index is 12.7. The van der Waals surface area contributed by atoms with Crippen LogP contribution in [0, 0.1) is 0 Å². The third kappa shape index (κ3) is 4.55. The van der Waals surface area contributed by atoms with E-state index in [9.17, 15) is 23.1 Å². The van der Waals surface area contributed by atoms with E-state index in [-0.39, 0.29) is 46.1 Å². The molecule has 3 rings (SSSR count). The van der Waals surface area contributed by atoms with Gasteiger partial charge in [0.2, 0.25) is 11.8 Å². The van der Waals surface area contributed by atoms with Crippen molar-refractivity contribution in [3.63, 3.8) is 0 Å². The fourth-order valence-electron chi connectivity index (χ4n) is 2.75. The van der Waals surface area contributed by atoms with Gasteiger partial charge in [-0.3, -0.25) is 14.3 Å². The Labute approximate surface area is 181 Å². The average molecular weight is 470 g/mol. The number of nitrogens with one attached hydrogen (secondary N) is 2. The van der Waals surface area contributed by atoms with Crippen LogP contribution in [0.5, 0.6) is 11.5 Å². The number of sulfonamides is 1. The third-order valence-electron chi connectivity index (χ3n) is 4.19. The number of rotatable bonds is 7. The molecule has 2 heterocycles. The quantitative estimate of drug-likeness (QED) is 0.321. The highest BCUT2D eigenvalue weighted by Gasteiger charge is 2.24. The Kier molecular flexibility index (Phi) is 6.58. The summed E-state index contributed by atoms with van der Waals surface area (Å²) in [7, 11) is -2.50. The van der Waals surface area contributed by atoms with Crippen molar-refractivity contribution < 1.29 is 27.9 Å². The highest BCUT2D eigenvalue weighted by Crippen LogP contribution is 2.43. The Morgan fingerprint density at radius 3 is 2.80 bits per heavy atom. The van der Waals surface area contributed by atoms with Gasteiger partial charge in [-0.15, -0.1) is 23.1 Å². The number of phenolic OH excluding ortho intramolecular Hbond substituents is 1. The number of amides is 2. The summed E-state index contributed by atoms with van der Waals surface area (Å²) in [6.07, 6.45) is 4.30. The van der Waals surface area contributed by atoms with Crippen LogP contribution < -0.4 is 14.8 Å². The number of hydrogen-bond donors (Lipinski definition) is 3. The average Bonchev–Trinajstić information content (AvgIpc) is 3.39. The zero-order valence-electron chi connectivity index (χ0n) is 16.0. The SMILES string of the molecule is COc1cc(NS(=O)(=O)c2cccs2)c(SC)c(C=CC(=O)N2CNC(=O)C2)c1O. The minimum atomic E-state index is -3.83. The normalized spacial score (nSPS) is 14.2. The zero-order chi connectivity index (χ0) is 21.9. The van der Waals surface area contributed by atoms with Crippen LogP contribution in [0.3, 0.4) is 0 Å². The van der Waals surface area contributed by atoms with Gasteiger partial charge in [0.1, 0.15) is 10.8 Å². The summed E-state index contributed by atoms with van der Waals surface area (Å²) in [5, 5.41) is 14.8. The number of thiophene rings is 1. The molecule has 1 saturated heterocycles. The maximum Gasteiger partial charge on any atom is 0.271 e. The topological polar surface area (TPSA) is 125 Å². The smallest absolute Gasteiger partial charge is 0.271 e. The van der Waals surface area contributed by atoms with Gasteiger partial charge in [-0.05, 0) is 23.8 Å². The number of hydrogen-bond acceptors (Lipinski definition) is 8. The molecule has 0 bridgehead atoms. The molecule has 1 fully saturated rings. The molecule has 0 aliphatic carbocycles. The van der Waals surface area contributed by atoms with E-state index in [1.165, 1.54) is 48.1 Å². The number of aromatic hydroxyl groups is 1. The second-order valence-electron chi connectivity index (χ2n) is 6.09. The first-order valence-corrected chi connectivity index (χ1v) is 12.1. The Bertz CT molecular complexity index is 1100. The summed E-state index contributed by atoms with van der Waals surface area (Å²) in [6.45, 7) is 0.0574. The molecule has 1 aromatic carbocycles. The number of carbonyl (C=O) groups excluding carboxylic acids is 2. The van der Waals surface area contributed by atoms with Crippen LogP contribution in [0.1, 0.15) is 5.56 Å². The lowest BCUT2D eigenvalue weighted by Crippen LogP contribution is -2.27. The summed E-state index contributed by atoms with van der Waals surface area (Å²) < 4.78 is 33.2. The van der Waals surface area contributed by atoms with Gasteiger partial charge in [-0.25, -0.2) is 8.42 Å². The van der Waals surface area contributed by atoms with Gasteiger partial charge in [0.15, 0.2) is 11.5 Å². The van der Waals surface area contributed by atoms with Crippen molar-refractivity contribution in [2.45, 2.75) is 9.10 Å². The highest BCUT2D eigenvalue weighted by atomic mass is 32.2. The fourth-order valence-corrected chi connectivity index (χ4v) is 5.59. The largest absolute Gasteiger partial charge is 0.504 e. The second kappa shape index (κ2) is 8.98. The first kappa shape index (κ1) is 22.0. The Hall–Kier alpha value is -2.70. The van der Waals surface area contributed by atoms with E-state index in [4.69, 9.17) is 4.74 Å². The molecule has 0 unspecified atom stereocenters. The van der Waals surface area contributed by atoms with Gasteiger partial charge < -0.3 is 20.1 Å². The Morgan fingerprint density at radius 2 is 2.23 bits per heavy atom.